The van der Waals surface area contributed by atoms with E-state index in [0.29, 0.717) is 0 Å². The lowest BCUT2D eigenvalue weighted by Gasteiger charge is -2.10. The number of halogens is 1. The Hall–Kier alpha value is -1.32. The van der Waals surface area contributed by atoms with E-state index in [2.05, 4.69) is 28.9 Å². The molecular formula is C15H15BrO2. The SMILES string of the molecule is Cc1ccc(Oc2ccc(CO)c(Br)c2)c(C)c1. The second kappa shape index (κ2) is 5.55. The molecular weight excluding hydrogens is 292 g/mol. The van der Waals surface area contributed by atoms with Crippen molar-refractivity contribution in [3.8, 4) is 11.5 Å². The Morgan fingerprint density at radius 1 is 1.11 bits per heavy atom. The van der Waals surface area contributed by atoms with Crippen LogP contribution in [0.1, 0.15) is 16.7 Å². The van der Waals surface area contributed by atoms with Crippen molar-refractivity contribution in [2.75, 3.05) is 0 Å². The lowest BCUT2D eigenvalue weighted by Crippen LogP contribution is -1.90. The van der Waals surface area contributed by atoms with Crippen LogP contribution < -0.4 is 4.74 Å². The number of rotatable bonds is 3. The molecule has 1 N–H and O–H groups in total. The van der Waals surface area contributed by atoms with E-state index in [1.165, 1.54) is 5.56 Å². The van der Waals surface area contributed by atoms with Crippen molar-refractivity contribution in [3.05, 3.63) is 57.6 Å². The molecule has 0 unspecified atom stereocenters. The fourth-order valence-corrected chi connectivity index (χ4v) is 2.24. The summed E-state index contributed by atoms with van der Waals surface area (Å²) in [5, 5.41) is 9.10. The molecule has 0 aliphatic carbocycles. The molecule has 0 radical (unpaired) electrons. The number of benzene rings is 2. The summed E-state index contributed by atoms with van der Waals surface area (Å²) in [4.78, 5) is 0. The molecule has 2 rings (SSSR count). The van der Waals surface area contributed by atoms with Crippen LogP contribution in [0, 0.1) is 13.8 Å². The third kappa shape index (κ3) is 2.92. The van der Waals surface area contributed by atoms with Crippen LogP contribution in [0.25, 0.3) is 0 Å². The minimum atomic E-state index is 0.0183. The van der Waals surface area contributed by atoms with E-state index in [4.69, 9.17) is 9.84 Å². The molecule has 0 atom stereocenters. The van der Waals surface area contributed by atoms with Gasteiger partial charge in [-0.15, -0.1) is 0 Å². The van der Waals surface area contributed by atoms with Crippen LogP contribution in [0.5, 0.6) is 11.5 Å². The summed E-state index contributed by atoms with van der Waals surface area (Å²) in [6.07, 6.45) is 0. The number of ether oxygens (including phenoxy) is 1. The average Bonchev–Trinajstić information content (AvgIpc) is 2.33. The maximum Gasteiger partial charge on any atom is 0.130 e. The minimum absolute atomic E-state index is 0.0183. The highest BCUT2D eigenvalue weighted by Gasteiger charge is 2.04. The fraction of sp³-hybridized carbons (Fsp3) is 0.200. The van der Waals surface area contributed by atoms with Crippen LogP contribution in [0.2, 0.25) is 0 Å². The highest BCUT2D eigenvalue weighted by atomic mass is 79.9. The molecule has 0 spiro atoms. The number of aryl methyl sites for hydroxylation is 2. The Kier molecular flexibility index (Phi) is 4.04. The maximum absolute atomic E-state index is 9.10. The third-order valence-electron chi connectivity index (χ3n) is 2.75. The van der Waals surface area contributed by atoms with Crippen LogP contribution in [0.15, 0.2) is 40.9 Å². The van der Waals surface area contributed by atoms with Gasteiger partial charge in [0.05, 0.1) is 6.61 Å². The van der Waals surface area contributed by atoms with Gasteiger partial charge >= 0.3 is 0 Å². The lowest BCUT2D eigenvalue weighted by atomic mass is 10.1. The highest BCUT2D eigenvalue weighted by molar-refractivity contribution is 9.10. The van der Waals surface area contributed by atoms with E-state index in [1.54, 1.807) is 0 Å². The first-order valence-corrected chi connectivity index (χ1v) is 6.54. The number of aliphatic hydroxyl groups excluding tert-OH is 1. The zero-order chi connectivity index (χ0) is 13.1. The fourth-order valence-electron chi connectivity index (χ4n) is 1.76. The second-order valence-electron chi connectivity index (χ2n) is 4.28. The zero-order valence-electron chi connectivity index (χ0n) is 10.4. The van der Waals surface area contributed by atoms with Gasteiger partial charge in [-0.05, 0) is 43.2 Å². The first-order valence-electron chi connectivity index (χ1n) is 5.74. The van der Waals surface area contributed by atoms with E-state index >= 15 is 0 Å². The average molecular weight is 307 g/mol. The highest BCUT2D eigenvalue weighted by Crippen LogP contribution is 2.29. The van der Waals surface area contributed by atoms with Crippen molar-refractivity contribution in [1.82, 2.24) is 0 Å². The summed E-state index contributed by atoms with van der Waals surface area (Å²) in [6, 6.07) is 11.7. The molecule has 0 aliphatic heterocycles. The quantitative estimate of drug-likeness (QED) is 0.913. The third-order valence-corrected chi connectivity index (χ3v) is 3.49. The summed E-state index contributed by atoms with van der Waals surface area (Å²) < 4.78 is 6.69. The molecule has 94 valence electrons. The van der Waals surface area contributed by atoms with Crippen LogP contribution in [-0.4, -0.2) is 5.11 Å². The molecule has 0 heterocycles. The molecule has 2 aromatic carbocycles. The van der Waals surface area contributed by atoms with Crippen LogP contribution >= 0.6 is 15.9 Å². The summed E-state index contributed by atoms with van der Waals surface area (Å²) in [5.74, 6) is 1.61. The molecule has 3 heteroatoms. The zero-order valence-corrected chi connectivity index (χ0v) is 12.0. The van der Waals surface area contributed by atoms with Gasteiger partial charge < -0.3 is 9.84 Å². The predicted molar refractivity (Wildman–Crippen MR) is 76.1 cm³/mol. The summed E-state index contributed by atoms with van der Waals surface area (Å²) in [5.41, 5.74) is 3.18. The van der Waals surface area contributed by atoms with Gasteiger partial charge in [-0.3, -0.25) is 0 Å². The van der Waals surface area contributed by atoms with Gasteiger partial charge in [-0.2, -0.15) is 0 Å². The molecule has 0 bridgehead atoms. The van der Waals surface area contributed by atoms with Gasteiger partial charge in [0.25, 0.3) is 0 Å². The van der Waals surface area contributed by atoms with Crippen molar-refractivity contribution in [2.45, 2.75) is 20.5 Å². The van der Waals surface area contributed by atoms with Gasteiger partial charge in [-0.25, -0.2) is 0 Å². The number of hydrogen-bond donors (Lipinski definition) is 1. The van der Waals surface area contributed by atoms with E-state index in [-0.39, 0.29) is 6.61 Å². The van der Waals surface area contributed by atoms with Gasteiger partial charge in [0.1, 0.15) is 11.5 Å². The van der Waals surface area contributed by atoms with Crippen LogP contribution in [0.4, 0.5) is 0 Å². The van der Waals surface area contributed by atoms with Crippen molar-refractivity contribution in [2.24, 2.45) is 0 Å². The molecule has 0 amide bonds. The number of aliphatic hydroxyl groups is 1. The Morgan fingerprint density at radius 2 is 1.89 bits per heavy atom. The Labute approximate surface area is 115 Å². The summed E-state index contributed by atoms with van der Waals surface area (Å²) >= 11 is 3.41. The van der Waals surface area contributed by atoms with E-state index < -0.39 is 0 Å². The standard InChI is InChI=1S/C15H15BrO2/c1-10-3-6-15(11(2)7-10)18-13-5-4-12(9-17)14(16)8-13/h3-8,17H,9H2,1-2H3. The lowest BCUT2D eigenvalue weighted by molar-refractivity contribution is 0.281. The Balaban J connectivity index is 2.26. The topological polar surface area (TPSA) is 29.5 Å². The van der Waals surface area contributed by atoms with E-state index in [9.17, 15) is 0 Å². The minimum Gasteiger partial charge on any atom is -0.457 e. The number of hydrogen-bond acceptors (Lipinski definition) is 2. The summed E-state index contributed by atoms with van der Waals surface area (Å²) in [7, 11) is 0. The molecule has 0 fully saturated rings. The Morgan fingerprint density at radius 3 is 2.50 bits per heavy atom. The molecule has 0 aromatic heterocycles. The first kappa shape index (κ1) is 13.1. The molecule has 0 saturated heterocycles. The van der Waals surface area contributed by atoms with Crippen LogP contribution in [-0.2, 0) is 6.61 Å². The van der Waals surface area contributed by atoms with Gasteiger partial charge in [0.2, 0.25) is 0 Å². The van der Waals surface area contributed by atoms with Gasteiger partial charge in [-0.1, -0.05) is 39.7 Å². The first-order chi connectivity index (χ1) is 8.60. The maximum atomic E-state index is 9.10. The monoisotopic (exact) mass is 306 g/mol. The van der Waals surface area contributed by atoms with Gasteiger partial charge in [0, 0.05) is 4.47 Å². The van der Waals surface area contributed by atoms with Gasteiger partial charge in [0.15, 0.2) is 0 Å². The Bertz CT molecular complexity index is 564. The predicted octanol–water partition coefficient (Wildman–Crippen LogP) is 4.35. The van der Waals surface area contributed by atoms with Crippen molar-refractivity contribution < 1.29 is 9.84 Å². The molecule has 2 aromatic rings. The second-order valence-corrected chi connectivity index (χ2v) is 5.14. The largest absolute Gasteiger partial charge is 0.457 e. The molecule has 18 heavy (non-hydrogen) atoms. The van der Waals surface area contributed by atoms with Crippen LogP contribution in [0.3, 0.4) is 0 Å². The molecule has 0 aliphatic rings. The summed E-state index contributed by atoms with van der Waals surface area (Å²) in [6.45, 7) is 4.10. The molecule has 0 saturated carbocycles. The normalized spacial score (nSPS) is 10.4. The smallest absolute Gasteiger partial charge is 0.130 e. The van der Waals surface area contributed by atoms with Crippen molar-refractivity contribution in [3.63, 3.8) is 0 Å². The molecule has 2 nitrogen and oxygen atoms in total. The van der Waals surface area contributed by atoms with E-state index in [1.807, 2.05) is 37.3 Å². The van der Waals surface area contributed by atoms with E-state index in [0.717, 1.165) is 27.1 Å². The van der Waals surface area contributed by atoms with Crippen molar-refractivity contribution in [1.29, 1.82) is 0 Å². The van der Waals surface area contributed by atoms with Crippen molar-refractivity contribution >= 4 is 15.9 Å².